The molecule has 2 heterocycles. The van der Waals surface area contributed by atoms with Gasteiger partial charge < -0.3 is 15.0 Å². The summed E-state index contributed by atoms with van der Waals surface area (Å²) in [6.07, 6.45) is 6.10. The molecular formula is C18H21N3O2S. The van der Waals surface area contributed by atoms with E-state index >= 15 is 0 Å². The molecule has 1 aliphatic heterocycles. The van der Waals surface area contributed by atoms with E-state index in [9.17, 15) is 4.79 Å². The topological polar surface area (TPSA) is 54.5 Å². The predicted molar refractivity (Wildman–Crippen MR) is 97.5 cm³/mol. The summed E-state index contributed by atoms with van der Waals surface area (Å²) < 4.78 is 5.28. The van der Waals surface area contributed by atoms with Crippen molar-refractivity contribution in [2.24, 2.45) is 5.92 Å². The second-order valence-corrected chi connectivity index (χ2v) is 6.68. The first-order valence-electron chi connectivity index (χ1n) is 7.99. The van der Waals surface area contributed by atoms with Crippen LogP contribution in [0.2, 0.25) is 0 Å². The second-order valence-electron chi connectivity index (χ2n) is 5.75. The number of benzene rings is 1. The molecule has 5 nitrogen and oxygen atoms in total. The number of aromatic nitrogens is 1. The van der Waals surface area contributed by atoms with Gasteiger partial charge in [0, 0.05) is 49.0 Å². The molecule has 1 aromatic carbocycles. The molecule has 126 valence electrons. The number of thiazole rings is 1. The Balaban J connectivity index is 1.46. The van der Waals surface area contributed by atoms with Crippen LogP contribution in [0.3, 0.4) is 0 Å². The Kier molecular flexibility index (Phi) is 5.48. The number of carbonyl (C=O) groups is 1. The molecule has 0 saturated carbocycles. The van der Waals surface area contributed by atoms with E-state index in [4.69, 9.17) is 4.74 Å². The number of amides is 1. The van der Waals surface area contributed by atoms with Crippen molar-refractivity contribution in [1.29, 1.82) is 0 Å². The highest BCUT2D eigenvalue weighted by molar-refractivity contribution is 7.10. The van der Waals surface area contributed by atoms with Crippen LogP contribution in [0.15, 0.2) is 41.9 Å². The van der Waals surface area contributed by atoms with Gasteiger partial charge in [-0.05, 0) is 30.5 Å². The highest BCUT2D eigenvalue weighted by atomic mass is 32.1. The van der Waals surface area contributed by atoms with Gasteiger partial charge >= 0.3 is 0 Å². The lowest BCUT2D eigenvalue weighted by molar-refractivity contribution is -0.116. The molecule has 1 amide bonds. The minimum atomic E-state index is -0.0648. The lowest BCUT2D eigenvalue weighted by Crippen LogP contribution is -2.29. The second kappa shape index (κ2) is 7.97. The normalized spacial score (nSPS) is 17.4. The number of carbonyl (C=O) groups excluding carboxylic acids is 1. The molecule has 1 saturated heterocycles. The fraction of sp³-hybridized carbons (Fsp3) is 0.333. The van der Waals surface area contributed by atoms with Crippen LogP contribution in [-0.2, 0) is 4.79 Å². The third-order valence-corrected chi connectivity index (χ3v) is 4.84. The molecule has 0 spiro atoms. The summed E-state index contributed by atoms with van der Waals surface area (Å²) in [6, 6.07) is 8.11. The summed E-state index contributed by atoms with van der Waals surface area (Å²) in [5, 5.41) is 5.72. The highest BCUT2D eigenvalue weighted by Crippen LogP contribution is 2.26. The molecule has 3 rings (SSSR count). The first-order valence-corrected chi connectivity index (χ1v) is 8.87. The zero-order chi connectivity index (χ0) is 16.8. The molecule has 6 heteroatoms. The third-order valence-electron chi connectivity index (χ3n) is 4.10. The minimum Gasteiger partial charge on any atom is -0.497 e. The molecule has 0 bridgehead atoms. The van der Waals surface area contributed by atoms with Gasteiger partial charge in [-0.3, -0.25) is 4.79 Å². The number of rotatable bonds is 6. The van der Waals surface area contributed by atoms with Gasteiger partial charge in [-0.2, -0.15) is 0 Å². The first-order chi connectivity index (χ1) is 11.7. The van der Waals surface area contributed by atoms with E-state index in [1.807, 2.05) is 17.5 Å². The standard InChI is InChI=1S/C18H21N3O2S/c1-23-16-4-2-3-15(11-16)21-9-7-14(13-21)12-20-17(22)5-6-18-19-8-10-24-18/h2-6,8,10-11,14H,7,9,12-13H2,1H3,(H,20,22)/b6-5+/t14-/m0/s1. The minimum absolute atomic E-state index is 0.0648. The number of hydrogen-bond donors (Lipinski definition) is 1. The van der Waals surface area contributed by atoms with Gasteiger partial charge in [-0.25, -0.2) is 4.98 Å². The van der Waals surface area contributed by atoms with Crippen LogP contribution in [0.4, 0.5) is 5.69 Å². The zero-order valence-corrected chi connectivity index (χ0v) is 14.5. The van der Waals surface area contributed by atoms with E-state index < -0.39 is 0 Å². The van der Waals surface area contributed by atoms with Crippen LogP contribution in [0.1, 0.15) is 11.4 Å². The smallest absolute Gasteiger partial charge is 0.244 e. The molecule has 0 radical (unpaired) electrons. The van der Waals surface area contributed by atoms with Crippen molar-refractivity contribution >= 4 is 29.0 Å². The molecule has 1 N–H and O–H groups in total. The number of nitrogens with one attached hydrogen (secondary N) is 1. The summed E-state index contributed by atoms with van der Waals surface area (Å²) in [4.78, 5) is 18.3. The van der Waals surface area contributed by atoms with E-state index in [0.717, 1.165) is 30.3 Å². The molecular weight excluding hydrogens is 322 g/mol. The number of hydrogen-bond acceptors (Lipinski definition) is 5. The van der Waals surface area contributed by atoms with E-state index in [1.54, 1.807) is 25.5 Å². The average molecular weight is 343 g/mol. The molecule has 24 heavy (non-hydrogen) atoms. The highest BCUT2D eigenvalue weighted by Gasteiger charge is 2.23. The van der Waals surface area contributed by atoms with Crippen molar-refractivity contribution in [3.63, 3.8) is 0 Å². The maximum absolute atomic E-state index is 11.9. The van der Waals surface area contributed by atoms with Crippen LogP contribution in [0.5, 0.6) is 5.75 Å². The largest absolute Gasteiger partial charge is 0.497 e. The summed E-state index contributed by atoms with van der Waals surface area (Å²) in [7, 11) is 1.68. The van der Waals surface area contributed by atoms with Crippen LogP contribution >= 0.6 is 11.3 Å². The average Bonchev–Trinajstić information content (AvgIpc) is 3.30. The molecule has 1 aromatic heterocycles. The fourth-order valence-electron chi connectivity index (χ4n) is 2.81. The number of methoxy groups -OCH3 is 1. The summed E-state index contributed by atoms with van der Waals surface area (Å²) >= 11 is 1.51. The van der Waals surface area contributed by atoms with Crippen molar-refractivity contribution in [3.8, 4) is 5.75 Å². The third kappa shape index (κ3) is 4.35. The van der Waals surface area contributed by atoms with Gasteiger partial charge in [-0.15, -0.1) is 11.3 Å². The van der Waals surface area contributed by atoms with E-state index in [1.165, 1.54) is 17.0 Å². The monoisotopic (exact) mass is 343 g/mol. The van der Waals surface area contributed by atoms with Crippen molar-refractivity contribution < 1.29 is 9.53 Å². The van der Waals surface area contributed by atoms with Crippen molar-refractivity contribution in [3.05, 3.63) is 46.9 Å². The molecule has 1 aliphatic rings. The van der Waals surface area contributed by atoms with Gasteiger partial charge in [0.05, 0.1) is 7.11 Å². The molecule has 1 atom stereocenters. The molecule has 0 aliphatic carbocycles. The van der Waals surface area contributed by atoms with Gasteiger partial charge in [0.25, 0.3) is 0 Å². The molecule has 1 fully saturated rings. The van der Waals surface area contributed by atoms with Gasteiger partial charge in [-0.1, -0.05) is 6.07 Å². The summed E-state index contributed by atoms with van der Waals surface area (Å²) in [6.45, 7) is 2.65. The quantitative estimate of drug-likeness (QED) is 0.820. The van der Waals surface area contributed by atoms with Gasteiger partial charge in [0.15, 0.2) is 0 Å². The Morgan fingerprint density at radius 3 is 3.25 bits per heavy atom. The maximum atomic E-state index is 11.9. The predicted octanol–water partition coefficient (Wildman–Crippen LogP) is 2.81. The Hall–Kier alpha value is -2.34. The van der Waals surface area contributed by atoms with Crippen LogP contribution in [0.25, 0.3) is 6.08 Å². The number of nitrogens with zero attached hydrogens (tertiary/aromatic N) is 2. The van der Waals surface area contributed by atoms with Crippen LogP contribution in [-0.4, -0.2) is 37.6 Å². The first kappa shape index (κ1) is 16.5. The lowest BCUT2D eigenvalue weighted by atomic mass is 10.1. The fourth-order valence-corrected chi connectivity index (χ4v) is 3.34. The molecule has 2 aromatic rings. The summed E-state index contributed by atoms with van der Waals surface area (Å²) in [5.41, 5.74) is 1.17. The Morgan fingerprint density at radius 1 is 1.54 bits per heavy atom. The Bertz CT molecular complexity index is 700. The van der Waals surface area contributed by atoms with Crippen molar-refractivity contribution in [2.75, 3.05) is 31.6 Å². The van der Waals surface area contributed by atoms with Gasteiger partial charge in [0.1, 0.15) is 10.8 Å². The SMILES string of the molecule is COc1cccc(N2CC[C@@H](CNC(=O)/C=C/c3nccs3)C2)c1. The number of anilines is 1. The Labute approximate surface area is 146 Å². The number of ether oxygens (including phenoxy) is 1. The lowest BCUT2D eigenvalue weighted by Gasteiger charge is -2.19. The van der Waals surface area contributed by atoms with Gasteiger partial charge in [0.2, 0.25) is 5.91 Å². The van der Waals surface area contributed by atoms with Crippen molar-refractivity contribution in [1.82, 2.24) is 10.3 Å². The van der Waals surface area contributed by atoms with Crippen LogP contribution < -0.4 is 15.0 Å². The maximum Gasteiger partial charge on any atom is 0.244 e. The van der Waals surface area contributed by atoms with Crippen LogP contribution in [0, 0.1) is 5.92 Å². The summed E-state index contributed by atoms with van der Waals surface area (Å²) in [5.74, 6) is 1.27. The van der Waals surface area contributed by atoms with E-state index in [-0.39, 0.29) is 5.91 Å². The Morgan fingerprint density at radius 2 is 2.46 bits per heavy atom. The van der Waals surface area contributed by atoms with Crippen molar-refractivity contribution in [2.45, 2.75) is 6.42 Å². The molecule has 0 unspecified atom stereocenters. The zero-order valence-electron chi connectivity index (χ0n) is 13.6. The van der Waals surface area contributed by atoms with E-state index in [0.29, 0.717) is 12.5 Å². The van der Waals surface area contributed by atoms with E-state index in [2.05, 4.69) is 27.3 Å².